The highest BCUT2D eigenvalue weighted by Gasteiger charge is 2.57. The van der Waals surface area contributed by atoms with Crippen molar-refractivity contribution < 1.29 is 28.8 Å². The number of benzene rings is 4. The van der Waals surface area contributed by atoms with Crippen LogP contribution in [-0.4, -0.2) is 41.9 Å². The van der Waals surface area contributed by atoms with E-state index in [-0.39, 0.29) is 19.1 Å². The second-order valence-electron chi connectivity index (χ2n) is 11.3. The maximum absolute atomic E-state index is 12.2. The monoisotopic (exact) mass is 582 g/mol. The van der Waals surface area contributed by atoms with E-state index in [1.165, 1.54) is 0 Å². The van der Waals surface area contributed by atoms with E-state index in [0.717, 1.165) is 22.3 Å². The largest absolute Gasteiger partial charge is 0.374 e. The van der Waals surface area contributed by atoms with Crippen molar-refractivity contribution >= 4 is 0 Å². The molecule has 4 aromatic carbocycles. The summed E-state index contributed by atoms with van der Waals surface area (Å²) < 4.78 is 32.6. The molecule has 1 saturated heterocycles. The molecule has 5 rings (SSSR count). The molecule has 4 aromatic rings. The fourth-order valence-corrected chi connectivity index (χ4v) is 5.35. The van der Waals surface area contributed by atoms with Crippen molar-refractivity contribution in [3.8, 4) is 0 Å². The van der Waals surface area contributed by atoms with Gasteiger partial charge in [-0.15, -0.1) is 0 Å². The molecule has 43 heavy (non-hydrogen) atoms. The summed E-state index contributed by atoms with van der Waals surface area (Å²) in [6.45, 7) is 5.44. The van der Waals surface area contributed by atoms with Crippen LogP contribution in [0, 0.1) is 5.92 Å². The summed E-state index contributed by atoms with van der Waals surface area (Å²) in [5.74, 6) is -1.95. The summed E-state index contributed by atoms with van der Waals surface area (Å²) in [6, 6.07) is 39.9. The predicted octanol–water partition coefficient (Wildman–Crippen LogP) is 6.70. The number of hydrogen-bond acceptors (Lipinski definition) is 6. The molecule has 0 saturated carbocycles. The summed E-state index contributed by atoms with van der Waals surface area (Å²) in [5.41, 5.74) is 4.09. The quantitative estimate of drug-likeness (QED) is 0.178. The normalized spacial score (nSPS) is 23.8. The molecule has 1 aliphatic heterocycles. The first kappa shape index (κ1) is 31.1. The molecule has 0 radical (unpaired) electrons. The molecular formula is C37H42O6. The van der Waals surface area contributed by atoms with Gasteiger partial charge in [0.05, 0.1) is 33.0 Å². The van der Waals surface area contributed by atoms with Crippen LogP contribution < -0.4 is 0 Å². The van der Waals surface area contributed by atoms with Gasteiger partial charge in [-0.25, -0.2) is 0 Å². The predicted molar refractivity (Wildman–Crippen MR) is 166 cm³/mol. The van der Waals surface area contributed by atoms with E-state index in [1.54, 1.807) is 0 Å². The van der Waals surface area contributed by atoms with Crippen molar-refractivity contribution in [3.63, 3.8) is 0 Å². The first-order chi connectivity index (χ1) is 21.0. The zero-order valence-electron chi connectivity index (χ0n) is 25.0. The lowest BCUT2D eigenvalue weighted by molar-refractivity contribution is -0.384. The van der Waals surface area contributed by atoms with E-state index in [0.29, 0.717) is 19.8 Å². The van der Waals surface area contributed by atoms with E-state index < -0.39 is 30.2 Å². The Morgan fingerprint density at radius 1 is 0.581 bits per heavy atom. The number of rotatable bonds is 14. The Bertz CT molecular complexity index is 1330. The first-order valence-corrected chi connectivity index (χ1v) is 15.0. The third-order valence-corrected chi connectivity index (χ3v) is 7.80. The highest BCUT2D eigenvalue weighted by molar-refractivity contribution is 5.17. The molecule has 226 valence electrons. The summed E-state index contributed by atoms with van der Waals surface area (Å²) in [7, 11) is 0. The summed E-state index contributed by atoms with van der Waals surface area (Å²) in [6.07, 6.45) is -2.68. The fourth-order valence-electron chi connectivity index (χ4n) is 5.35. The van der Waals surface area contributed by atoms with Crippen molar-refractivity contribution in [1.29, 1.82) is 0 Å². The molecule has 6 heteroatoms. The van der Waals surface area contributed by atoms with E-state index in [4.69, 9.17) is 23.7 Å². The van der Waals surface area contributed by atoms with Gasteiger partial charge in [0.15, 0.2) is 5.79 Å². The van der Waals surface area contributed by atoms with Crippen LogP contribution in [0.5, 0.6) is 0 Å². The van der Waals surface area contributed by atoms with Crippen molar-refractivity contribution in [2.24, 2.45) is 5.92 Å². The maximum atomic E-state index is 12.2. The zero-order valence-corrected chi connectivity index (χ0v) is 25.0. The average molecular weight is 583 g/mol. The molecule has 1 fully saturated rings. The van der Waals surface area contributed by atoms with E-state index >= 15 is 0 Å². The number of ether oxygens (including phenoxy) is 5. The minimum Gasteiger partial charge on any atom is -0.374 e. The summed E-state index contributed by atoms with van der Waals surface area (Å²) in [5, 5.41) is 12.2. The molecule has 1 aliphatic rings. The lowest BCUT2D eigenvalue weighted by Crippen LogP contribution is -2.68. The van der Waals surface area contributed by atoms with E-state index in [9.17, 15) is 5.11 Å². The second kappa shape index (κ2) is 15.4. The lowest BCUT2D eigenvalue weighted by atomic mass is 9.85. The highest BCUT2D eigenvalue weighted by atomic mass is 16.7. The minimum atomic E-state index is -1.65. The zero-order chi connectivity index (χ0) is 29.9. The van der Waals surface area contributed by atoms with Gasteiger partial charge in [0.25, 0.3) is 0 Å². The van der Waals surface area contributed by atoms with Crippen LogP contribution in [0.2, 0.25) is 0 Å². The fraction of sp³-hybridized carbons (Fsp3) is 0.351. The first-order valence-electron chi connectivity index (χ1n) is 15.0. The smallest absolute Gasteiger partial charge is 0.197 e. The van der Waals surface area contributed by atoms with Crippen LogP contribution in [0.1, 0.15) is 36.1 Å². The molecule has 0 bridgehead atoms. The molecule has 0 aromatic heterocycles. The molecule has 1 heterocycles. The molecular weight excluding hydrogens is 540 g/mol. The Hall–Kier alpha value is -3.36. The molecule has 0 unspecified atom stereocenters. The molecule has 6 nitrogen and oxygen atoms in total. The molecule has 0 spiro atoms. The Labute approximate surface area is 255 Å². The summed E-state index contributed by atoms with van der Waals surface area (Å²) >= 11 is 0. The van der Waals surface area contributed by atoms with Gasteiger partial charge in [-0.05, 0) is 22.3 Å². The molecule has 0 aliphatic carbocycles. The Morgan fingerprint density at radius 2 is 0.977 bits per heavy atom. The van der Waals surface area contributed by atoms with Gasteiger partial charge in [-0.2, -0.15) is 0 Å². The van der Waals surface area contributed by atoms with Gasteiger partial charge in [0, 0.05) is 5.92 Å². The van der Waals surface area contributed by atoms with Gasteiger partial charge in [-0.3, -0.25) is 0 Å². The van der Waals surface area contributed by atoms with E-state index in [2.05, 4.69) is 0 Å². The summed E-state index contributed by atoms with van der Waals surface area (Å²) in [4.78, 5) is 0. The van der Waals surface area contributed by atoms with Crippen molar-refractivity contribution in [1.82, 2.24) is 0 Å². The SMILES string of the molecule is CC(C)[C@]1(O)O[C@H](COCc2ccccc2)[C@H](OCc2ccccc2)[C@H](OCc2ccccc2)[C@H]1OCc1ccccc1. The molecule has 5 atom stereocenters. The maximum Gasteiger partial charge on any atom is 0.197 e. The number of aliphatic hydroxyl groups is 1. The van der Waals surface area contributed by atoms with E-state index in [1.807, 2.05) is 135 Å². The van der Waals surface area contributed by atoms with Gasteiger partial charge in [-0.1, -0.05) is 135 Å². The van der Waals surface area contributed by atoms with Crippen molar-refractivity contribution in [2.45, 2.75) is 70.5 Å². The van der Waals surface area contributed by atoms with Gasteiger partial charge >= 0.3 is 0 Å². The van der Waals surface area contributed by atoms with Crippen molar-refractivity contribution in [3.05, 3.63) is 144 Å². The molecule has 0 amide bonds. The third-order valence-electron chi connectivity index (χ3n) is 7.80. The second-order valence-corrected chi connectivity index (χ2v) is 11.3. The van der Waals surface area contributed by atoms with Crippen LogP contribution >= 0.6 is 0 Å². The third kappa shape index (κ3) is 8.39. The van der Waals surface area contributed by atoms with Crippen LogP contribution in [-0.2, 0) is 50.1 Å². The van der Waals surface area contributed by atoms with Crippen LogP contribution in [0.25, 0.3) is 0 Å². The topological polar surface area (TPSA) is 66.4 Å². The van der Waals surface area contributed by atoms with Crippen LogP contribution in [0.4, 0.5) is 0 Å². The average Bonchev–Trinajstić information content (AvgIpc) is 3.04. The highest BCUT2D eigenvalue weighted by Crippen LogP contribution is 2.39. The number of hydrogen-bond donors (Lipinski definition) is 1. The van der Waals surface area contributed by atoms with Gasteiger partial charge in [0.2, 0.25) is 0 Å². The lowest BCUT2D eigenvalue weighted by Gasteiger charge is -2.52. The minimum absolute atomic E-state index is 0.208. The van der Waals surface area contributed by atoms with Gasteiger partial charge in [0.1, 0.15) is 24.4 Å². The molecule has 1 N–H and O–H groups in total. The Morgan fingerprint density at radius 3 is 1.42 bits per heavy atom. The van der Waals surface area contributed by atoms with Crippen molar-refractivity contribution in [2.75, 3.05) is 6.61 Å². The Balaban J connectivity index is 1.45. The standard InChI is InChI=1S/C37H42O6/c1-28(2)37(38)36(42-26-32-21-13-6-14-22-32)35(41-25-31-19-11-5-12-20-31)34(40-24-30-17-9-4-10-18-30)33(43-37)27-39-23-29-15-7-3-8-16-29/h3-22,28,33-36,38H,23-27H2,1-2H3/t33-,34+,35+,36-,37+/m1/s1. The van der Waals surface area contributed by atoms with Crippen LogP contribution in [0.15, 0.2) is 121 Å². The Kier molecular flexibility index (Phi) is 11.1. The van der Waals surface area contributed by atoms with Crippen LogP contribution in [0.3, 0.4) is 0 Å². The van der Waals surface area contributed by atoms with Gasteiger partial charge < -0.3 is 28.8 Å².